The molecule has 2 unspecified atom stereocenters. The molecule has 0 fully saturated rings. The first-order chi connectivity index (χ1) is 10.4. The normalized spacial score (nSPS) is 20.9. The summed E-state index contributed by atoms with van der Waals surface area (Å²) in [5.74, 6) is -0.965. The van der Waals surface area contributed by atoms with Crippen molar-refractivity contribution >= 4 is 23.4 Å². The molecular formula is C16H21N3O3. The average Bonchev–Trinajstić information content (AvgIpc) is 2.46. The van der Waals surface area contributed by atoms with Gasteiger partial charge in [0, 0.05) is 25.5 Å². The zero-order valence-corrected chi connectivity index (χ0v) is 13.3. The van der Waals surface area contributed by atoms with Crippen LogP contribution in [-0.2, 0) is 9.53 Å². The Morgan fingerprint density at radius 2 is 1.95 bits per heavy atom. The molecule has 0 saturated heterocycles. The number of esters is 1. The van der Waals surface area contributed by atoms with Gasteiger partial charge in [0.05, 0.1) is 12.6 Å². The van der Waals surface area contributed by atoms with Crippen molar-refractivity contribution in [3.05, 3.63) is 29.8 Å². The Morgan fingerprint density at radius 3 is 2.50 bits per heavy atom. The van der Waals surface area contributed by atoms with Gasteiger partial charge in [-0.25, -0.2) is 9.79 Å². The van der Waals surface area contributed by atoms with Crippen LogP contribution in [0.25, 0.3) is 0 Å². The highest BCUT2D eigenvalue weighted by atomic mass is 16.5. The Kier molecular flexibility index (Phi) is 4.80. The lowest BCUT2D eigenvalue weighted by molar-refractivity contribution is -0.146. The highest BCUT2D eigenvalue weighted by Gasteiger charge is 2.37. The van der Waals surface area contributed by atoms with E-state index < -0.39 is 18.0 Å². The molecule has 2 amide bonds. The van der Waals surface area contributed by atoms with Crippen molar-refractivity contribution in [2.75, 3.05) is 25.6 Å². The molecule has 0 radical (unpaired) electrons. The Morgan fingerprint density at radius 1 is 1.32 bits per heavy atom. The smallest absolute Gasteiger partial charge is 0.341 e. The molecule has 0 aliphatic carbocycles. The summed E-state index contributed by atoms with van der Waals surface area (Å²) < 4.78 is 5.12. The van der Waals surface area contributed by atoms with Crippen LogP contribution < -0.4 is 10.2 Å². The lowest BCUT2D eigenvalue weighted by atomic mass is 9.88. The van der Waals surface area contributed by atoms with Gasteiger partial charge < -0.3 is 15.0 Å². The predicted molar refractivity (Wildman–Crippen MR) is 85.3 cm³/mol. The molecule has 0 spiro atoms. The molecule has 0 aromatic heterocycles. The van der Waals surface area contributed by atoms with Crippen molar-refractivity contribution in [1.82, 2.24) is 5.32 Å². The maximum absolute atomic E-state index is 12.2. The van der Waals surface area contributed by atoms with Crippen LogP contribution in [0.3, 0.4) is 0 Å². The molecule has 1 aliphatic rings. The Hall–Kier alpha value is -2.37. The number of amides is 2. The van der Waals surface area contributed by atoms with E-state index in [0.29, 0.717) is 12.3 Å². The Balaban J connectivity index is 2.34. The standard InChI is InChI=1S/C16H21N3O3/c1-5-22-15(20)13-10(2)17-16(21)18-14(13)11-6-8-12(9-7-11)19(3)4/h6-9,13-14H,5H2,1-4H3,(H,18,21). The van der Waals surface area contributed by atoms with E-state index in [-0.39, 0.29) is 5.97 Å². The van der Waals surface area contributed by atoms with E-state index in [1.807, 2.05) is 43.3 Å². The first-order valence-electron chi connectivity index (χ1n) is 7.23. The molecule has 2 rings (SSSR count). The summed E-state index contributed by atoms with van der Waals surface area (Å²) in [7, 11) is 3.91. The minimum absolute atomic E-state index is 0.294. The second kappa shape index (κ2) is 6.60. The van der Waals surface area contributed by atoms with Crippen LogP contribution in [0.4, 0.5) is 10.5 Å². The van der Waals surface area contributed by atoms with Crippen molar-refractivity contribution in [3.8, 4) is 0 Å². The van der Waals surface area contributed by atoms with Gasteiger partial charge in [0.15, 0.2) is 0 Å². The van der Waals surface area contributed by atoms with E-state index in [9.17, 15) is 9.59 Å². The number of carbonyl (C=O) groups is 2. The van der Waals surface area contributed by atoms with Gasteiger partial charge in [0.2, 0.25) is 0 Å². The molecule has 2 atom stereocenters. The summed E-state index contributed by atoms with van der Waals surface area (Å²) in [6.07, 6.45) is 0. The van der Waals surface area contributed by atoms with Crippen LogP contribution >= 0.6 is 0 Å². The Labute approximate surface area is 130 Å². The number of hydrogen-bond acceptors (Lipinski definition) is 4. The third kappa shape index (κ3) is 3.27. The number of hydrogen-bond donors (Lipinski definition) is 1. The molecule has 1 aromatic rings. The highest BCUT2D eigenvalue weighted by Crippen LogP contribution is 2.29. The van der Waals surface area contributed by atoms with E-state index >= 15 is 0 Å². The first-order valence-corrected chi connectivity index (χ1v) is 7.23. The molecule has 22 heavy (non-hydrogen) atoms. The number of carbonyl (C=O) groups excluding carboxylic acids is 2. The quantitative estimate of drug-likeness (QED) is 0.865. The molecule has 6 nitrogen and oxygen atoms in total. The fourth-order valence-corrected chi connectivity index (χ4v) is 2.51. The van der Waals surface area contributed by atoms with Crippen LogP contribution in [0, 0.1) is 5.92 Å². The second-order valence-electron chi connectivity index (χ2n) is 5.40. The van der Waals surface area contributed by atoms with Crippen molar-refractivity contribution in [1.29, 1.82) is 0 Å². The zero-order chi connectivity index (χ0) is 16.3. The van der Waals surface area contributed by atoms with Crippen LogP contribution in [0.1, 0.15) is 25.5 Å². The fourth-order valence-electron chi connectivity index (χ4n) is 2.51. The maximum atomic E-state index is 12.2. The lowest BCUT2D eigenvalue weighted by Crippen LogP contribution is -2.44. The van der Waals surface area contributed by atoms with Crippen LogP contribution in [0.2, 0.25) is 0 Å². The van der Waals surface area contributed by atoms with Gasteiger partial charge in [-0.15, -0.1) is 0 Å². The van der Waals surface area contributed by atoms with Crippen molar-refractivity contribution in [3.63, 3.8) is 0 Å². The van der Waals surface area contributed by atoms with Gasteiger partial charge in [0.1, 0.15) is 5.92 Å². The summed E-state index contributed by atoms with van der Waals surface area (Å²) in [5, 5.41) is 2.76. The van der Waals surface area contributed by atoms with Crippen molar-refractivity contribution in [2.24, 2.45) is 10.9 Å². The molecule has 1 aliphatic heterocycles. The molecule has 1 aromatic carbocycles. The molecule has 0 bridgehead atoms. The molecular weight excluding hydrogens is 282 g/mol. The van der Waals surface area contributed by atoms with Gasteiger partial charge in [-0.1, -0.05) is 12.1 Å². The van der Waals surface area contributed by atoms with Gasteiger partial charge in [0.25, 0.3) is 0 Å². The average molecular weight is 303 g/mol. The topological polar surface area (TPSA) is 71.0 Å². The van der Waals surface area contributed by atoms with Crippen LogP contribution in [-0.4, -0.2) is 38.4 Å². The third-order valence-corrected chi connectivity index (χ3v) is 3.65. The van der Waals surface area contributed by atoms with E-state index in [0.717, 1.165) is 11.3 Å². The number of nitrogens with zero attached hydrogens (tertiary/aromatic N) is 2. The minimum atomic E-state index is -0.595. The van der Waals surface area contributed by atoms with Gasteiger partial charge in [-0.3, -0.25) is 4.79 Å². The van der Waals surface area contributed by atoms with Gasteiger partial charge >= 0.3 is 12.0 Å². The third-order valence-electron chi connectivity index (χ3n) is 3.65. The second-order valence-corrected chi connectivity index (χ2v) is 5.40. The summed E-state index contributed by atoms with van der Waals surface area (Å²) >= 11 is 0. The zero-order valence-electron chi connectivity index (χ0n) is 13.3. The van der Waals surface area contributed by atoms with Crippen LogP contribution in [0.15, 0.2) is 29.3 Å². The van der Waals surface area contributed by atoms with Gasteiger partial charge in [-0.2, -0.15) is 0 Å². The van der Waals surface area contributed by atoms with Crippen molar-refractivity contribution in [2.45, 2.75) is 19.9 Å². The number of benzene rings is 1. The Bertz CT molecular complexity index is 593. The SMILES string of the molecule is CCOC(=O)C1C(C)=NC(=O)NC1c1ccc(N(C)C)cc1. The lowest BCUT2D eigenvalue weighted by Gasteiger charge is -2.29. The summed E-state index contributed by atoms with van der Waals surface area (Å²) in [6, 6.07) is 6.83. The van der Waals surface area contributed by atoms with Crippen LogP contribution in [0.5, 0.6) is 0 Å². The molecule has 6 heteroatoms. The van der Waals surface area contributed by atoms with E-state index in [1.54, 1.807) is 13.8 Å². The highest BCUT2D eigenvalue weighted by molar-refractivity contribution is 6.08. The number of aliphatic imine (C=N–C) groups is 1. The molecule has 0 saturated carbocycles. The number of anilines is 1. The summed E-state index contributed by atoms with van der Waals surface area (Å²) in [6.45, 7) is 3.73. The largest absolute Gasteiger partial charge is 0.465 e. The van der Waals surface area contributed by atoms with E-state index in [4.69, 9.17) is 4.74 Å². The summed E-state index contributed by atoms with van der Waals surface area (Å²) in [5.41, 5.74) is 2.37. The number of nitrogens with one attached hydrogen (secondary N) is 1. The monoisotopic (exact) mass is 303 g/mol. The summed E-state index contributed by atoms with van der Waals surface area (Å²) in [4.78, 5) is 29.7. The van der Waals surface area contributed by atoms with Crippen molar-refractivity contribution < 1.29 is 14.3 Å². The first kappa shape index (κ1) is 16.0. The minimum Gasteiger partial charge on any atom is -0.465 e. The maximum Gasteiger partial charge on any atom is 0.341 e. The fraction of sp³-hybridized carbons (Fsp3) is 0.438. The number of rotatable bonds is 4. The molecule has 118 valence electrons. The van der Waals surface area contributed by atoms with E-state index in [1.165, 1.54) is 0 Å². The van der Waals surface area contributed by atoms with Gasteiger partial charge in [-0.05, 0) is 31.5 Å². The molecule has 1 N–H and O–H groups in total. The molecule has 1 heterocycles. The number of ether oxygens (including phenoxy) is 1. The van der Waals surface area contributed by atoms with E-state index in [2.05, 4.69) is 10.3 Å². The predicted octanol–water partition coefficient (Wildman–Crippen LogP) is 2.16. The number of urea groups is 1.